The van der Waals surface area contributed by atoms with Crippen LogP contribution in [0.5, 0.6) is 0 Å². The number of halogens is 1. The molecule has 5 heteroatoms. The van der Waals surface area contributed by atoms with Crippen LogP contribution in [0.3, 0.4) is 0 Å². The number of carbonyl (C=O) groups is 1. The van der Waals surface area contributed by atoms with Crippen molar-refractivity contribution >= 4 is 23.3 Å². The predicted octanol–water partition coefficient (Wildman–Crippen LogP) is 3.28. The summed E-state index contributed by atoms with van der Waals surface area (Å²) < 4.78 is 0. The lowest BCUT2D eigenvalue weighted by Crippen LogP contribution is -2.42. The van der Waals surface area contributed by atoms with Crippen molar-refractivity contribution in [2.45, 2.75) is 27.2 Å². The van der Waals surface area contributed by atoms with E-state index in [4.69, 9.17) is 11.6 Å². The van der Waals surface area contributed by atoms with E-state index in [0.29, 0.717) is 28.4 Å². The molecule has 1 aliphatic rings. The van der Waals surface area contributed by atoms with Crippen molar-refractivity contribution in [3.05, 3.63) is 22.8 Å². The van der Waals surface area contributed by atoms with Crippen LogP contribution < -0.4 is 5.32 Å². The molecule has 2 heterocycles. The number of nitrogens with one attached hydrogen (secondary N) is 1. The predicted molar refractivity (Wildman–Crippen MR) is 82.3 cm³/mol. The molecule has 1 N–H and O–H groups in total. The highest BCUT2D eigenvalue weighted by Crippen LogP contribution is 2.24. The second-order valence-electron chi connectivity index (χ2n) is 5.59. The fraction of sp³-hybridized carbons (Fsp3) is 0.600. The molecular weight excluding hydrogens is 274 g/mol. The number of anilines is 1. The van der Waals surface area contributed by atoms with Gasteiger partial charge in [-0.05, 0) is 37.3 Å². The van der Waals surface area contributed by atoms with E-state index in [2.05, 4.69) is 24.1 Å². The summed E-state index contributed by atoms with van der Waals surface area (Å²) in [5.74, 6) is 1.92. The fourth-order valence-corrected chi connectivity index (χ4v) is 2.73. The minimum absolute atomic E-state index is 0.0483. The van der Waals surface area contributed by atoms with Crippen LogP contribution in [0.25, 0.3) is 0 Å². The molecule has 0 aromatic carbocycles. The maximum absolute atomic E-state index is 12.6. The zero-order valence-corrected chi connectivity index (χ0v) is 13.1. The summed E-state index contributed by atoms with van der Waals surface area (Å²) in [5, 5.41) is 3.45. The first kappa shape index (κ1) is 15.1. The van der Waals surface area contributed by atoms with E-state index in [-0.39, 0.29) is 5.91 Å². The molecule has 0 bridgehead atoms. The number of nitrogens with zero attached hydrogens (tertiary/aromatic N) is 2. The van der Waals surface area contributed by atoms with Crippen molar-refractivity contribution in [2.24, 2.45) is 11.8 Å². The maximum atomic E-state index is 12.6. The lowest BCUT2D eigenvalue weighted by Gasteiger charge is -2.35. The van der Waals surface area contributed by atoms with Gasteiger partial charge in [-0.1, -0.05) is 25.4 Å². The summed E-state index contributed by atoms with van der Waals surface area (Å²) in [7, 11) is 0. The number of piperidine rings is 1. The van der Waals surface area contributed by atoms with Crippen molar-refractivity contribution in [3.63, 3.8) is 0 Å². The standard InChI is InChI=1S/C15H22ClN3O/c1-4-17-14-8-12(7-13(16)18-14)15(20)19-6-5-10(2)11(3)9-19/h7-8,10-11H,4-6,9H2,1-3H3,(H,17,18). The molecule has 20 heavy (non-hydrogen) atoms. The van der Waals surface area contributed by atoms with Crippen LogP contribution in [0.2, 0.25) is 5.15 Å². The number of likely N-dealkylation sites (tertiary alicyclic amines) is 1. The number of aromatic nitrogens is 1. The van der Waals surface area contributed by atoms with E-state index in [1.54, 1.807) is 12.1 Å². The smallest absolute Gasteiger partial charge is 0.254 e. The Bertz CT molecular complexity index is 492. The van der Waals surface area contributed by atoms with Crippen molar-refractivity contribution in [2.75, 3.05) is 25.0 Å². The molecule has 2 atom stereocenters. The highest BCUT2D eigenvalue weighted by atomic mass is 35.5. The molecule has 0 spiro atoms. The molecule has 1 aromatic rings. The Morgan fingerprint density at radius 2 is 2.20 bits per heavy atom. The molecule has 1 fully saturated rings. The summed E-state index contributed by atoms with van der Waals surface area (Å²) in [6, 6.07) is 3.42. The summed E-state index contributed by atoms with van der Waals surface area (Å²) in [5.41, 5.74) is 0.614. The van der Waals surface area contributed by atoms with Gasteiger partial charge < -0.3 is 10.2 Å². The van der Waals surface area contributed by atoms with Gasteiger partial charge in [-0.25, -0.2) is 4.98 Å². The van der Waals surface area contributed by atoms with Gasteiger partial charge in [-0.3, -0.25) is 4.79 Å². The summed E-state index contributed by atoms with van der Waals surface area (Å²) in [4.78, 5) is 18.7. The molecule has 0 aliphatic carbocycles. The van der Waals surface area contributed by atoms with Crippen LogP contribution in [0.15, 0.2) is 12.1 Å². The SMILES string of the molecule is CCNc1cc(C(=O)N2CCC(C)C(C)C2)cc(Cl)n1. The number of carbonyl (C=O) groups excluding carboxylic acids is 1. The normalized spacial score (nSPS) is 22.7. The van der Waals surface area contributed by atoms with E-state index in [0.717, 1.165) is 26.1 Å². The first-order valence-electron chi connectivity index (χ1n) is 7.22. The largest absolute Gasteiger partial charge is 0.370 e. The van der Waals surface area contributed by atoms with E-state index < -0.39 is 0 Å². The van der Waals surface area contributed by atoms with Gasteiger partial charge >= 0.3 is 0 Å². The Hall–Kier alpha value is -1.29. The number of amides is 1. The zero-order valence-electron chi connectivity index (χ0n) is 12.3. The average Bonchev–Trinajstić information content (AvgIpc) is 2.41. The Labute approximate surface area is 125 Å². The molecule has 1 amide bonds. The van der Waals surface area contributed by atoms with Crippen LogP contribution in [-0.2, 0) is 0 Å². The molecule has 1 aliphatic heterocycles. The highest BCUT2D eigenvalue weighted by Gasteiger charge is 2.26. The quantitative estimate of drug-likeness (QED) is 0.870. The molecule has 1 saturated heterocycles. The first-order chi connectivity index (χ1) is 9.51. The van der Waals surface area contributed by atoms with Crippen molar-refractivity contribution in [1.82, 2.24) is 9.88 Å². The van der Waals surface area contributed by atoms with E-state index in [1.165, 1.54) is 0 Å². The maximum Gasteiger partial charge on any atom is 0.254 e. The highest BCUT2D eigenvalue weighted by molar-refractivity contribution is 6.29. The number of pyridine rings is 1. The second kappa shape index (κ2) is 6.44. The molecule has 110 valence electrons. The minimum Gasteiger partial charge on any atom is -0.370 e. The number of hydrogen-bond donors (Lipinski definition) is 1. The van der Waals surface area contributed by atoms with Gasteiger partial charge in [0.15, 0.2) is 0 Å². The molecule has 4 nitrogen and oxygen atoms in total. The van der Waals surface area contributed by atoms with Gasteiger partial charge in [0.25, 0.3) is 5.91 Å². The summed E-state index contributed by atoms with van der Waals surface area (Å²) in [6.07, 6.45) is 1.06. The third-order valence-corrected chi connectivity index (χ3v) is 4.21. The van der Waals surface area contributed by atoms with Gasteiger partial charge in [-0.2, -0.15) is 0 Å². The van der Waals surface area contributed by atoms with Crippen molar-refractivity contribution in [3.8, 4) is 0 Å². The van der Waals surface area contributed by atoms with Gasteiger partial charge in [0.05, 0.1) is 0 Å². The zero-order chi connectivity index (χ0) is 14.7. The minimum atomic E-state index is 0.0483. The summed E-state index contributed by atoms with van der Waals surface area (Å²) in [6.45, 7) is 8.82. The lowest BCUT2D eigenvalue weighted by atomic mass is 9.88. The second-order valence-corrected chi connectivity index (χ2v) is 5.98. The van der Waals surface area contributed by atoms with E-state index in [9.17, 15) is 4.79 Å². The average molecular weight is 296 g/mol. The molecule has 2 rings (SSSR count). The van der Waals surface area contributed by atoms with Crippen molar-refractivity contribution < 1.29 is 4.79 Å². The number of hydrogen-bond acceptors (Lipinski definition) is 3. The number of rotatable bonds is 3. The third-order valence-electron chi connectivity index (χ3n) is 4.02. The first-order valence-corrected chi connectivity index (χ1v) is 7.59. The molecule has 1 aromatic heterocycles. The Morgan fingerprint density at radius 3 is 2.85 bits per heavy atom. The van der Waals surface area contributed by atoms with Crippen molar-refractivity contribution in [1.29, 1.82) is 0 Å². The fourth-order valence-electron chi connectivity index (χ4n) is 2.52. The molecule has 0 saturated carbocycles. The molecule has 0 radical (unpaired) electrons. The van der Waals surface area contributed by atoms with E-state index in [1.807, 2.05) is 11.8 Å². The molecule has 2 unspecified atom stereocenters. The van der Waals surface area contributed by atoms with Crippen LogP contribution in [-0.4, -0.2) is 35.4 Å². The Kier molecular flexibility index (Phi) is 4.86. The summed E-state index contributed by atoms with van der Waals surface area (Å²) >= 11 is 6.00. The monoisotopic (exact) mass is 295 g/mol. The lowest BCUT2D eigenvalue weighted by molar-refractivity contribution is 0.0627. The van der Waals surface area contributed by atoms with Crippen LogP contribution >= 0.6 is 11.6 Å². The van der Waals surface area contributed by atoms with Crippen LogP contribution in [0, 0.1) is 11.8 Å². The third kappa shape index (κ3) is 3.42. The van der Waals surface area contributed by atoms with Gasteiger partial charge in [0, 0.05) is 25.2 Å². The topological polar surface area (TPSA) is 45.2 Å². The molecular formula is C15H22ClN3O. The Balaban J connectivity index is 2.16. The van der Waals surface area contributed by atoms with Crippen LogP contribution in [0.1, 0.15) is 37.6 Å². The van der Waals surface area contributed by atoms with Gasteiger partial charge in [-0.15, -0.1) is 0 Å². The van der Waals surface area contributed by atoms with Gasteiger partial charge in [0.1, 0.15) is 11.0 Å². The Morgan fingerprint density at radius 1 is 1.45 bits per heavy atom. The van der Waals surface area contributed by atoms with Gasteiger partial charge in [0.2, 0.25) is 0 Å². The van der Waals surface area contributed by atoms with E-state index >= 15 is 0 Å². The van der Waals surface area contributed by atoms with Crippen LogP contribution in [0.4, 0.5) is 5.82 Å².